The molecule has 2 aromatic rings. The monoisotopic (exact) mass is 360 g/mol. The number of ether oxygens (including phenoxy) is 1. The van der Waals surface area contributed by atoms with Gasteiger partial charge in [0, 0.05) is 11.5 Å². The molecule has 3 aliphatic carbocycles. The maximum absolute atomic E-state index is 15.5. The van der Waals surface area contributed by atoms with Gasteiger partial charge in [0.2, 0.25) is 5.78 Å². The normalized spacial score (nSPS) is 28.5. The number of carbonyl (C=O) groups is 1. The summed E-state index contributed by atoms with van der Waals surface area (Å²) in [6.07, 6.45) is 1.65. The van der Waals surface area contributed by atoms with Crippen LogP contribution in [0.15, 0.2) is 42.5 Å². The van der Waals surface area contributed by atoms with Crippen molar-refractivity contribution in [3.05, 3.63) is 65.2 Å². The van der Waals surface area contributed by atoms with E-state index in [1.807, 2.05) is 24.3 Å². The number of methoxy groups -OCH3 is 1. The minimum Gasteiger partial charge on any atom is -0.497 e. The second kappa shape index (κ2) is 5.35. The molecule has 1 atom stereocenters. The Hall–Kier alpha value is -2.30. The average Bonchev–Trinajstić information content (AvgIpc) is 2.52. The SMILES string of the molecule is COc1ccc(C23CC(C(C)(F)C(=O)c4ccc(F)cc4F)(C2)C3)cc1. The van der Waals surface area contributed by atoms with Crippen molar-refractivity contribution >= 4 is 5.78 Å². The van der Waals surface area contributed by atoms with Crippen LogP contribution in [-0.4, -0.2) is 18.6 Å². The van der Waals surface area contributed by atoms with Crippen LogP contribution in [0.2, 0.25) is 0 Å². The van der Waals surface area contributed by atoms with Crippen molar-refractivity contribution in [2.45, 2.75) is 37.3 Å². The van der Waals surface area contributed by atoms with Gasteiger partial charge >= 0.3 is 0 Å². The third-order valence-electron chi connectivity index (χ3n) is 6.33. The van der Waals surface area contributed by atoms with Gasteiger partial charge in [0.25, 0.3) is 0 Å². The smallest absolute Gasteiger partial charge is 0.203 e. The molecule has 0 aliphatic heterocycles. The highest BCUT2D eigenvalue weighted by molar-refractivity contribution is 6.03. The van der Waals surface area contributed by atoms with E-state index in [0.717, 1.165) is 23.4 Å². The Kier molecular flexibility index (Phi) is 3.52. The Morgan fingerprint density at radius 2 is 1.69 bits per heavy atom. The fourth-order valence-electron chi connectivity index (χ4n) is 4.70. The van der Waals surface area contributed by atoms with Gasteiger partial charge in [-0.2, -0.15) is 0 Å². The lowest BCUT2D eigenvalue weighted by Crippen LogP contribution is -2.73. The second-order valence-corrected chi connectivity index (χ2v) is 7.78. The van der Waals surface area contributed by atoms with E-state index >= 15 is 4.39 Å². The number of Topliss-reactive ketones (excluding diaryl/α,β-unsaturated/α-hetero) is 1. The summed E-state index contributed by atoms with van der Waals surface area (Å²) < 4.78 is 47.6. The van der Waals surface area contributed by atoms with E-state index in [4.69, 9.17) is 4.74 Å². The maximum Gasteiger partial charge on any atom is 0.203 e. The minimum atomic E-state index is -2.18. The molecule has 2 aromatic carbocycles. The summed E-state index contributed by atoms with van der Waals surface area (Å²) in [5, 5.41) is 0. The summed E-state index contributed by atoms with van der Waals surface area (Å²) in [5.74, 6) is -1.95. The molecule has 3 aliphatic rings. The van der Waals surface area contributed by atoms with Gasteiger partial charge < -0.3 is 4.74 Å². The first-order chi connectivity index (χ1) is 12.2. The van der Waals surface area contributed by atoms with Gasteiger partial charge in [-0.25, -0.2) is 13.2 Å². The zero-order chi connectivity index (χ0) is 18.7. The number of halogens is 3. The lowest BCUT2D eigenvalue weighted by Gasteiger charge is -2.74. The molecule has 0 radical (unpaired) electrons. The van der Waals surface area contributed by atoms with Crippen LogP contribution in [0.5, 0.6) is 5.75 Å². The molecule has 0 amide bonds. The van der Waals surface area contributed by atoms with Gasteiger partial charge in [0.05, 0.1) is 12.7 Å². The van der Waals surface area contributed by atoms with E-state index in [-0.39, 0.29) is 11.0 Å². The van der Waals surface area contributed by atoms with E-state index in [9.17, 15) is 13.6 Å². The molecular weight excluding hydrogens is 341 g/mol. The van der Waals surface area contributed by atoms with E-state index in [0.29, 0.717) is 25.3 Å². The van der Waals surface area contributed by atoms with Crippen LogP contribution >= 0.6 is 0 Å². The molecule has 0 spiro atoms. The van der Waals surface area contributed by atoms with Gasteiger partial charge in [-0.15, -0.1) is 0 Å². The van der Waals surface area contributed by atoms with E-state index in [2.05, 4.69) is 0 Å². The van der Waals surface area contributed by atoms with Crippen molar-refractivity contribution in [3.63, 3.8) is 0 Å². The number of benzene rings is 2. The third kappa shape index (κ3) is 2.15. The molecule has 0 aromatic heterocycles. The van der Waals surface area contributed by atoms with Crippen molar-refractivity contribution in [3.8, 4) is 5.75 Å². The summed E-state index contributed by atoms with van der Waals surface area (Å²) in [4.78, 5) is 12.6. The molecule has 5 rings (SSSR count). The third-order valence-corrected chi connectivity index (χ3v) is 6.33. The lowest BCUT2D eigenvalue weighted by molar-refractivity contribution is -0.207. The van der Waals surface area contributed by atoms with Crippen LogP contribution in [-0.2, 0) is 5.41 Å². The molecule has 1 unspecified atom stereocenters. The number of alkyl halides is 1. The Balaban J connectivity index is 1.55. The summed E-state index contributed by atoms with van der Waals surface area (Å²) in [7, 11) is 1.60. The van der Waals surface area contributed by atoms with Gasteiger partial charge in [-0.1, -0.05) is 12.1 Å². The topological polar surface area (TPSA) is 26.3 Å². The summed E-state index contributed by atoms with van der Waals surface area (Å²) in [5.41, 5.74) is -2.34. The highest BCUT2D eigenvalue weighted by Gasteiger charge is 2.76. The van der Waals surface area contributed by atoms with Crippen LogP contribution in [0.4, 0.5) is 13.2 Å². The zero-order valence-electron chi connectivity index (χ0n) is 14.6. The van der Waals surface area contributed by atoms with Gasteiger partial charge in [0.1, 0.15) is 17.4 Å². The number of rotatable bonds is 5. The van der Waals surface area contributed by atoms with E-state index in [1.165, 1.54) is 6.92 Å². The molecule has 136 valence electrons. The number of hydrogen-bond donors (Lipinski definition) is 0. The average molecular weight is 360 g/mol. The van der Waals surface area contributed by atoms with Crippen LogP contribution < -0.4 is 4.74 Å². The zero-order valence-corrected chi connectivity index (χ0v) is 14.6. The summed E-state index contributed by atoms with van der Waals surface area (Å²) in [6, 6.07) is 10.3. The van der Waals surface area contributed by atoms with Crippen LogP contribution in [0.25, 0.3) is 0 Å². The largest absolute Gasteiger partial charge is 0.497 e. The van der Waals surface area contributed by atoms with Crippen molar-refractivity contribution < 1.29 is 22.7 Å². The van der Waals surface area contributed by atoms with E-state index in [1.54, 1.807) is 7.11 Å². The quantitative estimate of drug-likeness (QED) is 0.701. The Morgan fingerprint density at radius 3 is 2.23 bits per heavy atom. The molecule has 5 heteroatoms. The summed E-state index contributed by atoms with van der Waals surface area (Å²) in [6.45, 7) is 1.23. The van der Waals surface area contributed by atoms with Gasteiger partial charge in [-0.3, -0.25) is 4.79 Å². The molecular formula is C21H19F3O2. The number of hydrogen-bond acceptors (Lipinski definition) is 2. The summed E-state index contributed by atoms with van der Waals surface area (Å²) >= 11 is 0. The predicted molar refractivity (Wildman–Crippen MR) is 91.2 cm³/mol. The lowest BCUT2D eigenvalue weighted by atomic mass is 9.29. The first kappa shape index (κ1) is 17.1. The Labute approximate surface area is 150 Å². The fraction of sp³-hybridized carbons (Fsp3) is 0.381. The minimum absolute atomic E-state index is 0.110. The van der Waals surface area contributed by atoms with Crippen molar-refractivity contribution in [1.82, 2.24) is 0 Å². The highest BCUT2D eigenvalue weighted by Crippen LogP contribution is 2.78. The standard InChI is InChI=1S/C21H19F3O2/c1-19(24,18(25)16-8-5-14(22)9-17(16)23)21-10-20(11-21,12-21)13-3-6-15(26-2)7-4-13/h3-9H,10-12H2,1-2H3. The number of ketones is 1. The molecule has 3 saturated carbocycles. The van der Waals surface area contributed by atoms with E-state index < -0.39 is 28.5 Å². The Bertz CT molecular complexity index is 867. The van der Waals surface area contributed by atoms with Crippen LogP contribution in [0, 0.1) is 17.0 Å². The molecule has 2 nitrogen and oxygen atoms in total. The maximum atomic E-state index is 15.5. The molecule has 0 saturated heterocycles. The highest BCUT2D eigenvalue weighted by atomic mass is 19.1. The predicted octanol–water partition coefficient (Wildman–Crippen LogP) is 5.01. The van der Waals surface area contributed by atoms with Crippen molar-refractivity contribution in [2.24, 2.45) is 5.41 Å². The molecule has 26 heavy (non-hydrogen) atoms. The second-order valence-electron chi connectivity index (χ2n) is 7.78. The molecule has 0 N–H and O–H groups in total. The molecule has 2 bridgehead atoms. The fourth-order valence-corrected chi connectivity index (χ4v) is 4.70. The molecule has 3 fully saturated rings. The van der Waals surface area contributed by atoms with Gasteiger partial charge in [-0.05, 0) is 61.4 Å². The van der Waals surface area contributed by atoms with Crippen molar-refractivity contribution in [1.29, 1.82) is 0 Å². The first-order valence-electron chi connectivity index (χ1n) is 8.56. The van der Waals surface area contributed by atoms with Crippen LogP contribution in [0.1, 0.15) is 42.1 Å². The molecule has 0 heterocycles. The van der Waals surface area contributed by atoms with Gasteiger partial charge in [0.15, 0.2) is 5.67 Å². The van der Waals surface area contributed by atoms with Crippen LogP contribution in [0.3, 0.4) is 0 Å². The van der Waals surface area contributed by atoms with Crippen molar-refractivity contribution in [2.75, 3.05) is 7.11 Å². The first-order valence-corrected chi connectivity index (χ1v) is 8.56. The Morgan fingerprint density at radius 1 is 1.08 bits per heavy atom. The number of carbonyl (C=O) groups excluding carboxylic acids is 1.